The zero-order valence-corrected chi connectivity index (χ0v) is 27.4. The van der Waals surface area contributed by atoms with Gasteiger partial charge in [-0.2, -0.15) is 5.26 Å². The molecule has 3 nitrogen and oxygen atoms in total. The van der Waals surface area contributed by atoms with Crippen LogP contribution in [-0.2, 0) is 5.41 Å². The summed E-state index contributed by atoms with van der Waals surface area (Å²) in [7, 11) is 0. The Morgan fingerprint density at radius 2 is 1.10 bits per heavy atom. The second-order valence-electron chi connectivity index (χ2n) is 13.4. The number of hydrogen-bond acceptors (Lipinski definition) is 2. The molecule has 0 amide bonds. The molecule has 8 aromatic rings. The summed E-state index contributed by atoms with van der Waals surface area (Å²) in [4.78, 5) is 2.38. The van der Waals surface area contributed by atoms with Crippen molar-refractivity contribution in [3.05, 3.63) is 180 Å². The molecule has 7 aromatic carbocycles. The van der Waals surface area contributed by atoms with Gasteiger partial charge in [0.25, 0.3) is 0 Å². The van der Waals surface area contributed by atoms with Gasteiger partial charge in [-0.25, -0.2) is 0 Å². The zero-order chi connectivity index (χ0) is 33.1. The van der Waals surface area contributed by atoms with Gasteiger partial charge in [-0.3, -0.25) is 0 Å². The lowest BCUT2D eigenvalue weighted by atomic mass is 9.82. The molecule has 0 N–H and O–H groups in total. The molecule has 0 fully saturated rings. The van der Waals surface area contributed by atoms with Crippen LogP contribution in [0.25, 0.3) is 49.7 Å². The second kappa shape index (κ2) is 11.1. The van der Waals surface area contributed by atoms with Gasteiger partial charge < -0.3 is 9.47 Å². The van der Waals surface area contributed by atoms with Crippen LogP contribution in [0.2, 0.25) is 0 Å². The largest absolute Gasteiger partial charge is 0.310 e. The normalized spacial score (nSPS) is 12.8. The van der Waals surface area contributed by atoms with E-state index in [2.05, 4.69) is 169 Å². The summed E-state index contributed by atoms with van der Waals surface area (Å²) in [6, 6.07) is 60.7. The number of benzene rings is 7. The van der Waals surface area contributed by atoms with Crippen molar-refractivity contribution in [2.24, 2.45) is 0 Å². The highest BCUT2D eigenvalue weighted by molar-refractivity contribution is 6.10. The molecule has 0 unspecified atom stereocenters. The van der Waals surface area contributed by atoms with Crippen LogP contribution in [0, 0.1) is 11.3 Å². The third kappa shape index (κ3) is 4.57. The predicted molar refractivity (Wildman–Crippen MR) is 203 cm³/mol. The Morgan fingerprint density at radius 1 is 0.510 bits per heavy atom. The highest BCUT2D eigenvalue weighted by atomic mass is 15.1. The summed E-state index contributed by atoms with van der Waals surface area (Å²) in [5.41, 5.74) is 14.9. The highest BCUT2D eigenvalue weighted by Crippen LogP contribution is 2.51. The lowest BCUT2D eigenvalue weighted by molar-refractivity contribution is 0.660. The van der Waals surface area contributed by atoms with Gasteiger partial charge in [-0.05, 0) is 106 Å². The number of rotatable bonds is 5. The number of fused-ring (bicyclic) bond motifs is 6. The van der Waals surface area contributed by atoms with Crippen LogP contribution in [0.4, 0.5) is 17.1 Å². The fourth-order valence-corrected chi connectivity index (χ4v) is 7.77. The monoisotopic (exact) mass is 627 g/mol. The van der Waals surface area contributed by atoms with Crippen LogP contribution in [0.1, 0.15) is 30.5 Å². The number of para-hydroxylation sites is 2. The van der Waals surface area contributed by atoms with Gasteiger partial charge in [0.1, 0.15) is 0 Å². The van der Waals surface area contributed by atoms with E-state index in [0.717, 1.165) is 33.9 Å². The molecule has 0 radical (unpaired) electrons. The molecule has 0 saturated carbocycles. The Kier molecular flexibility index (Phi) is 6.54. The van der Waals surface area contributed by atoms with Crippen molar-refractivity contribution >= 4 is 38.9 Å². The van der Waals surface area contributed by atoms with E-state index in [0.29, 0.717) is 5.56 Å². The Balaban J connectivity index is 1.23. The summed E-state index contributed by atoms with van der Waals surface area (Å²) < 4.78 is 2.36. The van der Waals surface area contributed by atoms with E-state index >= 15 is 0 Å². The van der Waals surface area contributed by atoms with Gasteiger partial charge in [0.2, 0.25) is 0 Å². The van der Waals surface area contributed by atoms with Crippen molar-refractivity contribution in [2.45, 2.75) is 19.3 Å². The SMILES string of the molecule is CC1(C)c2ccccc2-c2ccc(N(c3ccc(-c4ccc(C#N)cc4)cc3)c3ccc4c(c3)c3ccccc3n4-c3ccccc3)cc21. The third-order valence-corrected chi connectivity index (χ3v) is 10.2. The van der Waals surface area contributed by atoms with Crippen molar-refractivity contribution < 1.29 is 0 Å². The molecule has 1 heterocycles. The Bertz CT molecular complexity index is 2570. The number of hydrogen-bond donors (Lipinski definition) is 0. The highest BCUT2D eigenvalue weighted by Gasteiger charge is 2.35. The average molecular weight is 628 g/mol. The summed E-state index contributed by atoms with van der Waals surface area (Å²) in [5, 5.41) is 11.7. The zero-order valence-electron chi connectivity index (χ0n) is 27.4. The molecule has 0 saturated heterocycles. The lowest BCUT2D eigenvalue weighted by Gasteiger charge is -2.28. The fraction of sp³-hybridized carbons (Fsp3) is 0.0652. The minimum Gasteiger partial charge on any atom is -0.310 e. The summed E-state index contributed by atoms with van der Waals surface area (Å²) in [6.07, 6.45) is 0. The second-order valence-corrected chi connectivity index (χ2v) is 13.4. The molecule has 3 heteroatoms. The smallest absolute Gasteiger partial charge is 0.0991 e. The first-order chi connectivity index (χ1) is 24.0. The first-order valence-corrected chi connectivity index (χ1v) is 16.7. The molecule has 1 aliphatic rings. The van der Waals surface area contributed by atoms with Crippen LogP contribution in [0.15, 0.2) is 164 Å². The molecular formula is C46H33N3. The van der Waals surface area contributed by atoms with E-state index < -0.39 is 0 Å². The van der Waals surface area contributed by atoms with Gasteiger partial charge in [-0.15, -0.1) is 0 Å². The van der Waals surface area contributed by atoms with E-state index in [4.69, 9.17) is 0 Å². The van der Waals surface area contributed by atoms with Crippen molar-refractivity contribution in [3.8, 4) is 34.0 Å². The minimum absolute atomic E-state index is 0.111. The van der Waals surface area contributed by atoms with Crippen LogP contribution >= 0.6 is 0 Å². The van der Waals surface area contributed by atoms with E-state index in [1.807, 2.05) is 24.3 Å². The summed E-state index contributed by atoms with van der Waals surface area (Å²) in [6.45, 7) is 4.67. The van der Waals surface area contributed by atoms with E-state index in [-0.39, 0.29) is 5.41 Å². The molecule has 0 atom stereocenters. The van der Waals surface area contributed by atoms with Gasteiger partial charge >= 0.3 is 0 Å². The summed E-state index contributed by atoms with van der Waals surface area (Å²) >= 11 is 0. The van der Waals surface area contributed by atoms with Crippen molar-refractivity contribution in [3.63, 3.8) is 0 Å². The van der Waals surface area contributed by atoms with Gasteiger partial charge in [-0.1, -0.05) is 105 Å². The molecule has 0 aliphatic heterocycles. The number of aromatic nitrogens is 1. The molecule has 0 bridgehead atoms. The Morgan fingerprint density at radius 3 is 1.88 bits per heavy atom. The topological polar surface area (TPSA) is 32.0 Å². The Labute approximate surface area is 286 Å². The molecule has 49 heavy (non-hydrogen) atoms. The lowest BCUT2D eigenvalue weighted by Crippen LogP contribution is -2.16. The number of anilines is 3. The predicted octanol–water partition coefficient (Wildman–Crippen LogP) is 12.1. The maximum absolute atomic E-state index is 9.28. The number of nitrogens with zero attached hydrogens (tertiary/aromatic N) is 3. The molecular weight excluding hydrogens is 595 g/mol. The van der Waals surface area contributed by atoms with Crippen molar-refractivity contribution in [1.82, 2.24) is 4.57 Å². The molecule has 1 aromatic heterocycles. The van der Waals surface area contributed by atoms with Crippen molar-refractivity contribution in [2.75, 3.05) is 4.90 Å². The third-order valence-electron chi connectivity index (χ3n) is 10.2. The standard InChI is InChI=1S/C46H33N3/c1-46(2)42-14-8-6-12-38(42)39-26-24-37(29-43(39)46)48(35-22-20-33(21-23-35)32-18-16-31(30-47)17-19-32)36-25-27-45-41(28-36)40-13-7-9-15-44(40)49(45)34-10-4-3-5-11-34/h3-29H,1-2H3. The molecule has 9 rings (SSSR count). The molecule has 1 aliphatic carbocycles. The van der Waals surface area contributed by atoms with E-state index in [1.165, 1.54) is 44.1 Å². The minimum atomic E-state index is -0.111. The van der Waals surface area contributed by atoms with E-state index in [1.54, 1.807) is 0 Å². The van der Waals surface area contributed by atoms with Crippen molar-refractivity contribution in [1.29, 1.82) is 5.26 Å². The maximum atomic E-state index is 9.28. The van der Waals surface area contributed by atoms with Crippen LogP contribution in [0.5, 0.6) is 0 Å². The summed E-state index contributed by atoms with van der Waals surface area (Å²) in [5.74, 6) is 0. The Hall–Kier alpha value is -6.37. The van der Waals surface area contributed by atoms with Crippen LogP contribution in [0.3, 0.4) is 0 Å². The first kappa shape index (κ1) is 28.8. The maximum Gasteiger partial charge on any atom is 0.0991 e. The van der Waals surface area contributed by atoms with Crippen LogP contribution < -0.4 is 4.90 Å². The molecule has 232 valence electrons. The fourth-order valence-electron chi connectivity index (χ4n) is 7.77. The molecule has 0 spiro atoms. The van der Waals surface area contributed by atoms with Gasteiger partial charge in [0, 0.05) is 38.9 Å². The quantitative estimate of drug-likeness (QED) is 0.190. The van der Waals surface area contributed by atoms with Crippen LogP contribution in [-0.4, -0.2) is 4.57 Å². The average Bonchev–Trinajstić information content (AvgIpc) is 3.60. The number of nitriles is 1. The first-order valence-electron chi connectivity index (χ1n) is 16.7. The van der Waals surface area contributed by atoms with Gasteiger partial charge in [0.15, 0.2) is 0 Å². The van der Waals surface area contributed by atoms with E-state index in [9.17, 15) is 5.26 Å². The van der Waals surface area contributed by atoms with Gasteiger partial charge in [0.05, 0.1) is 22.7 Å².